The molecule has 0 radical (unpaired) electrons. The predicted molar refractivity (Wildman–Crippen MR) is 200 cm³/mol. The molecule has 0 bridgehead atoms. The number of allylic oxidation sites excluding steroid dienone is 1. The number of aliphatic hydroxyl groups excluding tert-OH is 2. The van der Waals surface area contributed by atoms with Crippen LogP contribution in [0.4, 0.5) is 4.79 Å². The van der Waals surface area contributed by atoms with Gasteiger partial charge in [0.25, 0.3) is 0 Å². The first-order valence-corrected chi connectivity index (χ1v) is 18.6. The summed E-state index contributed by atoms with van der Waals surface area (Å²) in [6.45, 7) is 9.01. The fourth-order valence-electron chi connectivity index (χ4n) is 8.58. The Morgan fingerprint density at radius 2 is 1.77 bits per heavy atom. The Morgan fingerprint density at radius 3 is 2.53 bits per heavy atom. The van der Waals surface area contributed by atoms with Gasteiger partial charge in [-0.05, 0) is 79.0 Å². The Morgan fingerprint density at radius 1 is 1.02 bits per heavy atom. The molecule has 2 amide bonds. The number of ether oxygens (including phenoxy) is 5. The Balaban J connectivity index is 1.45. The minimum Gasteiger partial charge on any atom is -0.490 e. The Hall–Kier alpha value is -4.52. The predicted octanol–water partition coefficient (Wildman–Crippen LogP) is 6.09. The normalized spacial score (nSPS) is 25.7. The number of urea groups is 1. The maximum atomic E-state index is 14.2. The number of carbonyl (C=O) groups excluding carboxylic acids is 1. The molecular weight excluding hydrogens is 678 g/mol. The highest BCUT2D eigenvalue weighted by Crippen LogP contribution is 2.61. The monoisotopic (exact) mass is 731 g/mol. The Bertz CT molecular complexity index is 1680. The highest BCUT2D eigenvalue weighted by atomic mass is 16.7. The van der Waals surface area contributed by atoms with Crippen LogP contribution in [0.3, 0.4) is 0 Å². The number of fused-ring (bicyclic) bond motifs is 3. The van der Waals surface area contributed by atoms with Crippen molar-refractivity contribution in [3.05, 3.63) is 84.5 Å². The van der Waals surface area contributed by atoms with Crippen molar-refractivity contribution in [3.8, 4) is 23.0 Å². The molecular formula is C41H53N3O9. The van der Waals surface area contributed by atoms with Crippen molar-refractivity contribution >= 4 is 11.7 Å². The lowest BCUT2D eigenvalue weighted by molar-refractivity contribution is -0.252. The smallest absolute Gasteiger partial charge is 0.317 e. The van der Waals surface area contributed by atoms with Gasteiger partial charge in [0.2, 0.25) is 12.6 Å². The summed E-state index contributed by atoms with van der Waals surface area (Å²) in [5.74, 6) is 1.08. The number of rotatable bonds is 18. The number of unbranched alkanes of at least 4 members (excludes halogenated alkanes) is 2. The summed E-state index contributed by atoms with van der Waals surface area (Å²) in [6, 6.07) is 10.5. The summed E-state index contributed by atoms with van der Waals surface area (Å²) in [4.78, 5) is 21.3. The average Bonchev–Trinajstić information content (AvgIpc) is 3.65. The van der Waals surface area contributed by atoms with Gasteiger partial charge in [-0.1, -0.05) is 48.9 Å². The van der Waals surface area contributed by atoms with Crippen molar-refractivity contribution in [1.29, 1.82) is 0 Å². The van der Waals surface area contributed by atoms with E-state index in [1.807, 2.05) is 30.3 Å². The molecule has 2 aromatic carbocycles. The van der Waals surface area contributed by atoms with Crippen molar-refractivity contribution < 1.29 is 43.5 Å². The van der Waals surface area contributed by atoms with Crippen LogP contribution in [-0.2, 0) is 16.1 Å². The third-order valence-corrected chi connectivity index (χ3v) is 10.9. The number of aliphatic hydroxyl groups is 2. The minimum atomic E-state index is -1.33. The van der Waals surface area contributed by atoms with E-state index in [1.165, 1.54) is 7.11 Å². The van der Waals surface area contributed by atoms with Crippen molar-refractivity contribution in [1.82, 2.24) is 10.2 Å². The van der Waals surface area contributed by atoms with E-state index < -0.39 is 17.7 Å². The molecule has 12 nitrogen and oxygen atoms in total. The number of amides is 2. The van der Waals surface area contributed by atoms with Crippen LogP contribution in [0.1, 0.15) is 62.0 Å². The molecule has 2 aromatic rings. The maximum Gasteiger partial charge on any atom is 0.317 e. The van der Waals surface area contributed by atoms with Crippen LogP contribution in [0.25, 0.3) is 0 Å². The fourth-order valence-corrected chi connectivity index (χ4v) is 8.58. The molecule has 4 aliphatic rings. The van der Waals surface area contributed by atoms with Crippen LogP contribution in [0.5, 0.6) is 23.0 Å². The van der Waals surface area contributed by atoms with Gasteiger partial charge in [0.15, 0.2) is 11.5 Å². The van der Waals surface area contributed by atoms with Gasteiger partial charge < -0.3 is 49.0 Å². The third kappa shape index (κ3) is 7.90. The summed E-state index contributed by atoms with van der Waals surface area (Å²) in [5.41, 5.74) is 3.56. The molecule has 0 saturated heterocycles. The van der Waals surface area contributed by atoms with Crippen molar-refractivity contribution in [2.24, 2.45) is 22.9 Å². The Labute approximate surface area is 312 Å². The Kier molecular flexibility index (Phi) is 12.6. The van der Waals surface area contributed by atoms with Crippen LogP contribution in [0.15, 0.2) is 78.5 Å². The van der Waals surface area contributed by atoms with E-state index in [-0.39, 0.29) is 56.9 Å². The first-order chi connectivity index (χ1) is 25.9. The lowest BCUT2D eigenvalue weighted by Gasteiger charge is -2.59. The molecule has 3 N–H and O–H groups in total. The fraction of sp³-hybridized carbons (Fsp3) is 0.512. The zero-order valence-corrected chi connectivity index (χ0v) is 30.8. The van der Waals surface area contributed by atoms with E-state index in [9.17, 15) is 15.0 Å². The van der Waals surface area contributed by atoms with Crippen LogP contribution in [0, 0.1) is 17.8 Å². The quantitative estimate of drug-likeness (QED) is 0.0945. The molecule has 0 aromatic heterocycles. The van der Waals surface area contributed by atoms with Gasteiger partial charge in [-0.3, -0.25) is 0 Å². The third-order valence-electron chi connectivity index (χ3n) is 10.9. The topological polar surface area (TPSA) is 141 Å². The van der Waals surface area contributed by atoms with Crippen molar-refractivity contribution in [3.63, 3.8) is 0 Å². The summed E-state index contributed by atoms with van der Waals surface area (Å²) < 4.78 is 31.1. The molecule has 6 rings (SSSR count). The van der Waals surface area contributed by atoms with Gasteiger partial charge in [0.1, 0.15) is 31.3 Å². The van der Waals surface area contributed by atoms with Crippen LogP contribution in [-0.4, -0.2) is 86.1 Å². The molecule has 0 spiro atoms. The van der Waals surface area contributed by atoms with Gasteiger partial charge in [-0.25, -0.2) is 4.79 Å². The molecule has 286 valence electrons. The zero-order chi connectivity index (χ0) is 37.4. The van der Waals surface area contributed by atoms with Crippen LogP contribution in [0.2, 0.25) is 0 Å². The highest BCUT2D eigenvalue weighted by molar-refractivity contribution is 6.03. The summed E-state index contributed by atoms with van der Waals surface area (Å²) >= 11 is 0. The molecule has 2 aliphatic carbocycles. The second-order valence-electron chi connectivity index (χ2n) is 14.0. The zero-order valence-electron chi connectivity index (χ0n) is 30.8. The number of hydrogen-bond donors (Lipinski definition) is 3. The van der Waals surface area contributed by atoms with Gasteiger partial charge in [-0.2, -0.15) is 0 Å². The lowest BCUT2D eigenvalue weighted by Crippen LogP contribution is -2.70. The number of nitrogens with one attached hydrogen (secondary N) is 1. The highest BCUT2D eigenvalue weighted by Gasteiger charge is 2.65. The molecule has 12 heteroatoms. The molecule has 1 saturated carbocycles. The molecule has 0 unspecified atom stereocenters. The van der Waals surface area contributed by atoms with Gasteiger partial charge in [-0.15, -0.1) is 6.58 Å². The van der Waals surface area contributed by atoms with Gasteiger partial charge in [0.05, 0.1) is 18.2 Å². The van der Waals surface area contributed by atoms with Crippen LogP contribution >= 0.6 is 0 Å². The first-order valence-electron chi connectivity index (χ1n) is 18.6. The van der Waals surface area contributed by atoms with E-state index in [4.69, 9.17) is 28.5 Å². The second-order valence-corrected chi connectivity index (χ2v) is 14.0. The minimum absolute atomic E-state index is 0.113. The molecule has 53 heavy (non-hydrogen) atoms. The van der Waals surface area contributed by atoms with Crippen molar-refractivity contribution in [2.45, 2.75) is 69.2 Å². The van der Waals surface area contributed by atoms with Gasteiger partial charge >= 0.3 is 6.03 Å². The number of likely N-dealkylation sites (N-methyl/N-ethyl adjacent to an activating group) is 1. The lowest BCUT2D eigenvalue weighted by atomic mass is 9.55. The summed E-state index contributed by atoms with van der Waals surface area (Å²) in [6.07, 6.45) is 10.8. The molecule has 2 heterocycles. The largest absolute Gasteiger partial charge is 0.490 e. The number of carbonyl (C=O) groups is 1. The van der Waals surface area contributed by atoms with E-state index in [0.29, 0.717) is 48.9 Å². The molecule has 1 fully saturated rings. The van der Waals surface area contributed by atoms with E-state index in [0.717, 1.165) is 48.1 Å². The second kappa shape index (κ2) is 17.5. The maximum absolute atomic E-state index is 14.2. The summed E-state index contributed by atoms with van der Waals surface area (Å²) in [7, 11) is 3.30. The van der Waals surface area contributed by atoms with Crippen molar-refractivity contribution in [2.75, 3.05) is 47.4 Å². The molecule has 6 atom stereocenters. The van der Waals surface area contributed by atoms with Gasteiger partial charge in [0, 0.05) is 44.7 Å². The average molecular weight is 732 g/mol. The molecule has 2 aliphatic heterocycles. The number of nitrogens with zero attached hydrogens (tertiary/aromatic N) is 2. The SMILES string of the molecule is C=CCOc1ccc2c(c1)[C@H]1[C@H](CCCCO)[C@@H](CCCCO)C=C3C(=NOC)C[C@H](N(C)C(=O)NCc4ccc5c(c4)OCO5)[C@@](OCC=C)(O2)[C@H]31. The van der Waals surface area contributed by atoms with E-state index >= 15 is 0 Å². The standard InChI is InChI=1S/C41H53N3O9/c1-5-19-49-29-14-16-34-32(23-29)38-30(12-8-10-18-46)28(11-7-9-17-45)22-31-33(43-48-4)24-37(41(53-34,39(31)38)52-20-6-2)44(3)40(47)42-25-27-13-15-35-36(21-27)51-26-50-35/h5-6,13-16,21-23,28,30,37-39,45-46H,1-2,7-12,17-20,24-26H2,3-4H3,(H,42,47)/t28-,30+,37-,38+,39+,41+/m0/s1. The first kappa shape index (κ1) is 38.2. The number of oxime groups is 1. The van der Waals surface area contributed by atoms with E-state index in [1.54, 1.807) is 24.1 Å². The van der Waals surface area contributed by atoms with E-state index in [2.05, 4.69) is 35.8 Å². The van der Waals surface area contributed by atoms with Crippen LogP contribution < -0.4 is 24.3 Å². The summed E-state index contributed by atoms with van der Waals surface area (Å²) in [5, 5.41) is 27.2. The number of benzene rings is 2. The number of hydrogen-bond acceptors (Lipinski definition) is 10.